The van der Waals surface area contributed by atoms with Gasteiger partial charge in [-0.3, -0.25) is 4.79 Å². The largest absolute Gasteiger partial charge is 0.351 e. The van der Waals surface area contributed by atoms with Gasteiger partial charge in [-0.25, -0.2) is 8.78 Å². The number of rotatable bonds is 3. The Morgan fingerprint density at radius 2 is 2.17 bits per heavy atom. The van der Waals surface area contributed by atoms with Crippen LogP contribution in [0.15, 0.2) is 0 Å². The summed E-state index contributed by atoms with van der Waals surface area (Å²) in [7, 11) is 0. The van der Waals surface area contributed by atoms with Crippen molar-refractivity contribution in [3.8, 4) is 0 Å². The van der Waals surface area contributed by atoms with E-state index in [-0.39, 0.29) is 24.7 Å². The number of hydrogen-bond acceptors (Lipinski definition) is 4. The molecule has 2 rings (SSSR count). The van der Waals surface area contributed by atoms with E-state index < -0.39 is 5.92 Å². The second kappa shape index (κ2) is 5.26. The maximum Gasteiger partial charge on any atom is 0.264 e. The number of nitrogens with zero attached hydrogens (tertiary/aromatic N) is 2. The predicted molar refractivity (Wildman–Crippen MR) is 63.9 cm³/mol. The molecule has 0 saturated heterocycles. The summed E-state index contributed by atoms with van der Waals surface area (Å²) < 4.78 is 29.6. The molecule has 7 heteroatoms. The lowest BCUT2D eigenvalue weighted by molar-refractivity contribution is -0.0452. The van der Waals surface area contributed by atoms with Crippen LogP contribution >= 0.6 is 11.5 Å². The molecule has 1 saturated carbocycles. The lowest BCUT2D eigenvalue weighted by Gasteiger charge is -2.28. The quantitative estimate of drug-likeness (QED) is 0.921. The molecular formula is C11H15F2N3OS. The van der Waals surface area contributed by atoms with Crippen molar-refractivity contribution < 1.29 is 13.6 Å². The minimum atomic E-state index is -2.52. The SMILES string of the molecule is Cc1nnsc1C(=O)NCC1CCC(F)(F)CC1. The standard InChI is InChI=1S/C11H15F2N3OS/c1-7-9(18-16-15-7)10(17)14-6-8-2-4-11(12,13)5-3-8/h8H,2-6H2,1H3,(H,14,17). The number of alkyl halides is 2. The number of carbonyl (C=O) groups excluding carboxylic acids is 1. The predicted octanol–water partition coefficient (Wildman–Crippen LogP) is 2.40. The third-order valence-corrected chi connectivity index (χ3v) is 4.07. The molecule has 1 aromatic rings. The summed E-state index contributed by atoms with van der Waals surface area (Å²) in [5.74, 6) is -2.58. The highest BCUT2D eigenvalue weighted by molar-refractivity contribution is 7.07. The summed E-state index contributed by atoms with van der Waals surface area (Å²) in [6.45, 7) is 2.17. The first-order valence-corrected chi connectivity index (χ1v) is 6.70. The van der Waals surface area contributed by atoms with E-state index in [1.54, 1.807) is 6.92 Å². The van der Waals surface area contributed by atoms with Crippen LogP contribution in [-0.4, -0.2) is 28.0 Å². The van der Waals surface area contributed by atoms with Gasteiger partial charge in [-0.1, -0.05) is 4.49 Å². The Labute approximate surface area is 108 Å². The average molecular weight is 275 g/mol. The number of nitrogens with one attached hydrogen (secondary N) is 1. The first-order chi connectivity index (χ1) is 8.48. The lowest BCUT2D eigenvalue weighted by atomic mass is 9.87. The number of carbonyl (C=O) groups is 1. The highest BCUT2D eigenvalue weighted by Crippen LogP contribution is 2.35. The maximum atomic E-state index is 13.0. The Morgan fingerprint density at radius 3 is 2.72 bits per heavy atom. The Balaban J connectivity index is 1.79. The van der Waals surface area contributed by atoms with Crippen molar-refractivity contribution in [2.24, 2.45) is 5.92 Å². The highest BCUT2D eigenvalue weighted by atomic mass is 32.1. The number of halogens is 2. The van der Waals surface area contributed by atoms with Gasteiger partial charge in [-0.05, 0) is 37.2 Å². The van der Waals surface area contributed by atoms with Gasteiger partial charge in [0.1, 0.15) is 4.88 Å². The zero-order valence-electron chi connectivity index (χ0n) is 10.1. The fourth-order valence-electron chi connectivity index (χ4n) is 2.06. The number of amides is 1. The highest BCUT2D eigenvalue weighted by Gasteiger charge is 2.34. The summed E-state index contributed by atoms with van der Waals surface area (Å²) in [6, 6.07) is 0. The van der Waals surface area contributed by atoms with Gasteiger partial charge in [-0.2, -0.15) is 0 Å². The van der Waals surface area contributed by atoms with Crippen LogP contribution in [0.25, 0.3) is 0 Å². The van der Waals surface area contributed by atoms with Crippen LogP contribution in [0.5, 0.6) is 0 Å². The molecule has 0 atom stereocenters. The molecule has 0 radical (unpaired) electrons. The topological polar surface area (TPSA) is 54.9 Å². The molecule has 0 spiro atoms. The molecule has 0 aliphatic heterocycles. The Kier molecular flexibility index (Phi) is 3.89. The van der Waals surface area contributed by atoms with Gasteiger partial charge in [-0.15, -0.1) is 5.10 Å². The molecule has 1 amide bonds. The normalized spacial score (nSPS) is 19.7. The molecule has 1 aliphatic rings. The van der Waals surface area contributed by atoms with Crippen molar-refractivity contribution in [3.63, 3.8) is 0 Å². The minimum Gasteiger partial charge on any atom is -0.351 e. The summed E-state index contributed by atoms with van der Waals surface area (Å²) in [6.07, 6.45) is 0.782. The van der Waals surface area contributed by atoms with Crippen LogP contribution in [0.2, 0.25) is 0 Å². The van der Waals surface area contributed by atoms with Crippen LogP contribution in [0, 0.1) is 12.8 Å². The third-order valence-electron chi connectivity index (χ3n) is 3.25. The fraction of sp³-hybridized carbons (Fsp3) is 0.727. The van der Waals surface area contributed by atoms with Crippen molar-refractivity contribution in [1.82, 2.24) is 14.9 Å². The maximum absolute atomic E-state index is 13.0. The van der Waals surface area contributed by atoms with Gasteiger partial charge in [0.15, 0.2) is 0 Å². The monoisotopic (exact) mass is 275 g/mol. The van der Waals surface area contributed by atoms with Gasteiger partial charge < -0.3 is 5.32 Å². The number of aryl methyl sites for hydroxylation is 1. The van der Waals surface area contributed by atoms with Crippen LogP contribution in [0.4, 0.5) is 8.78 Å². The van der Waals surface area contributed by atoms with Crippen molar-refractivity contribution in [2.75, 3.05) is 6.54 Å². The van der Waals surface area contributed by atoms with E-state index in [2.05, 4.69) is 14.9 Å². The molecule has 1 heterocycles. The van der Waals surface area contributed by atoms with Gasteiger partial charge in [0, 0.05) is 19.4 Å². The first kappa shape index (κ1) is 13.3. The molecule has 1 aliphatic carbocycles. The van der Waals surface area contributed by atoms with E-state index in [9.17, 15) is 13.6 Å². The Hall–Kier alpha value is -1.11. The Bertz CT molecular complexity index is 426. The third kappa shape index (κ3) is 3.22. The van der Waals surface area contributed by atoms with Gasteiger partial charge in [0.2, 0.25) is 5.92 Å². The van der Waals surface area contributed by atoms with Crippen LogP contribution in [0.1, 0.15) is 41.0 Å². The second-order valence-corrected chi connectivity index (χ2v) is 5.45. The summed E-state index contributed by atoms with van der Waals surface area (Å²) in [5, 5.41) is 6.53. The molecule has 0 bridgehead atoms. The van der Waals surface area contributed by atoms with Crippen LogP contribution in [0.3, 0.4) is 0 Å². The number of aromatic nitrogens is 2. The first-order valence-electron chi connectivity index (χ1n) is 5.93. The molecule has 1 fully saturated rings. The van der Waals surface area contributed by atoms with Crippen molar-refractivity contribution in [2.45, 2.75) is 38.5 Å². The molecule has 18 heavy (non-hydrogen) atoms. The van der Waals surface area contributed by atoms with Crippen LogP contribution < -0.4 is 5.32 Å². The van der Waals surface area contributed by atoms with Gasteiger partial charge in [0.05, 0.1) is 5.69 Å². The van der Waals surface area contributed by atoms with Crippen molar-refractivity contribution in [1.29, 1.82) is 0 Å². The van der Waals surface area contributed by atoms with E-state index in [0.29, 0.717) is 30.0 Å². The molecule has 1 aromatic heterocycles. The summed E-state index contributed by atoms with van der Waals surface area (Å²) >= 11 is 1.05. The second-order valence-electron chi connectivity index (χ2n) is 4.70. The summed E-state index contributed by atoms with van der Waals surface area (Å²) in [5.41, 5.74) is 0.604. The van der Waals surface area contributed by atoms with E-state index in [1.165, 1.54) is 0 Å². The molecule has 0 aromatic carbocycles. The zero-order chi connectivity index (χ0) is 13.2. The van der Waals surface area contributed by atoms with E-state index in [0.717, 1.165) is 11.5 Å². The van der Waals surface area contributed by atoms with Crippen LogP contribution in [-0.2, 0) is 0 Å². The van der Waals surface area contributed by atoms with Gasteiger partial charge in [0.25, 0.3) is 5.91 Å². The average Bonchev–Trinajstić information content (AvgIpc) is 2.74. The van der Waals surface area contributed by atoms with Crippen molar-refractivity contribution in [3.05, 3.63) is 10.6 Å². The minimum absolute atomic E-state index is 0.0747. The molecule has 0 unspecified atom stereocenters. The van der Waals surface area contributed by atoms with E-state index in [1.807, 2.05) is 0 Å². The molecule has 1 N–H and O–H groups in total. The van der Waals surface area contributed by atoms with Crippen molar-refractivity contribution >= 4 is 17.4 Å². The molecular weight excluding hydrogens is 260 g/mol. The van der Waals surface area contributed by atoms with E-state index in [4.69, 9.17) is 0 Å². The zero-order valence-corrected chi connectivity index (χ0v) is 10.9. The smallest absolute Gasteiger partial charge is 0.264 e. The van der Waals surface area contributed by atoms with Gasteiger partial charge >= 0.3 is 0 Å². The lowest BCUT2D eigenvalue weighted by Crippen LogP contribution is -2.33. The van der Waals surface area contributed by atoms with E-state index >= 15 is 0 Å². The summed E-state index contributed by atoms with van der Waals surface area (Å²) in [4.78, 5) is 12.3. The molecule has 4 nitrogen and oxygen atoms in total. The molecule has 100 valence electrons. The Morgan fingerprint density at radius 1 is 1.50 bits per heavy atom. The number of hydrogen-bond donors (Lipinski definition) is 1. The fourth-order valence-corrected chi connectivity index (χ4v) is 2.63.